The Morgan fingerprint density at radius 1 is 0.750 bits per heavy atom. The van der Waals surface area contributed by atoms with Crippen LogP contribution in [-0.2, 0) is 26.8 Å². The van der Waals surface area contributed by atoms with Gasteiger partial charge < -0.3 is 9.30 Å². The van der Waals surface area contributed by atoms with Crippen molar-refractivity contribution in [2.24, 2.45) is 0 Å². The van der Waals surface area contributed by atoms with Crippen LogP contribution >= 0.6 is 0 Å². The van der Waals surface area contributed by atoms with Crippen LogP contribution < -0.4 is 4.74 Å². The van der Waals surface area contributed by atoms with Crippen LogP contribution in [0.5, 0.6) is 11.5 Å². The molecule has 3 heterocycles. The molecule has 220 valence electrons. The maximum Gasteiger partial charge on any atom is 2.00 e. The van der Waals surface area contributed by atoms with Crippen molar-refractivity contribution >= 4 is 21.8 Å². The predicted molar refractivity (Wildman–Crippen MR) is 174 cm³/mol. The summed E-state index contributed by atoms with van der Waals surface area (Å²) in [5.41, 5.74) is 11.1. The quantitative estimate of drug-likeness (QED) is 0.131. The number of benzene rings is 4. The Bertz CT molecular complexity index is 2140. The Kier molecular flexibility index (Phi) is 7.99. The van der Waals surface area contributed by atoms with Crippen LogP contribution in [0.3, 0.4) is 0 Å². The fourth-order valence-corrected chi connectivity index (χ4v) is 6.19. The van der Waals surface area contributed by atoms with Crippen molar-refractivity contribution in [3.05, 3.63) is 131 Å². The topological polar surface area (TPSA) is 44.9 Å². The molecule has 0 aliphatic heterocycles. The Morgan fingerprint density at radius 2 is 1.50 bits per heavy atom. The maximum absolute atomic E-state index is 6.41. The van der Waals surface area contributed by atoms with Gasteiger partial charge in [-0.1, -0.05) is 48.8 Å². The second-order valence-electron chi connectivity index (χ2n) is 11.1. The van der Waals surface area contributed by atoms with E-state index in [1.807, 2.05) is 41.2 Å². The van der Waals surface area contributed by atoms with Crippen LogP contribution in [0.25, 0.3) is 44.4 Å². The number of fused-ring (bicyclic) bond motifs is 3. The van der Waals surface area contributed by atoms with Gasteiger partial charge in [0.15, 0.2) is 0 Å². The van der Waals surface area contributed by atoms with Gasteiger partial charge in [0, 0.05) is 34.5 Å². The van der Waals surface area contributed by atoms with Gasteiger partial charge in [0.1, 0.15) is 5.82 Å². The van der Waals surface area contributed by atoms with Gasteiger partial charge in [0.25, 0.3) is 0 Å². The van der Waals surface area contributed by atoms with Gasteiger partial charge in [-0.15, -0.1) is 35.7 Å². The van der Waals surface area contributed by atoms with E-state index in [4.69, 9.17) is 9.84 Å². The third-order valence-corrected chi connectivity index (χ3v) is 8.11. The number of ether oxygens (including phenoxy) is 1. The number of aromatic nitrogens is 4. The first-order chi connectivity index (χ1) is 20.9. The van der Waals surface area contributed by atoms with E-state index in [-0.39, 0.29) is 20.4 Å². The molecule has 0 atom stereocenters. The molecule has 7 rings (SSSR count). The van der Waals surface area contributed by atoms with Gasteiger partial charge in [0.2, 0.25) is 0 Å². The average Bonchev–Trinajstić information content (AvgIpc) is 3.51. The van der Waals surface area contributed by atoms with Crippen molar-refractivity contribution < 1.29 is 25.2 Å². The van der Waals surface area contributed by atoms with Crippen LogP contribution in [0.4, 0.5) is 0 Å². The van der Waals surface area contributed by atoms with Gasteiger partial charge in [0.05, 0.1) is 5.69 Å². The fraction of sp³-hybridized carbons (Fsp3) is 0.158. The molecule has 0 saturated heterocycles. The summed E-state index contributed by atoms with van der Waals surface area (Å²) in [5, 5.41) is 7.24. The molecule has 7 aromatic rings. The van der Waals surface area contributed by atoms with Crippen molar-refractivity contribution in [1.29, 1.82) is 0 Å². The Balaban J connectivity index is 0.00000343. The second-order valence-corrected chi connectivity index (χ2v) is 11.1. The van der Waals surface area contributed by atoms with E-state index in [9.17, 15) is 0 Å². The molecule has 0 aliphatic rings. The first-order valence-corrected chi connectivity index (χ1v) is 14.7. The number of pyridine rings is 1. The predicted octanol–water partition coefficient (Wildman–Crippen LogP) is 9.22. The molecule has 6 heteroatoms. The minimum Gasteiger partial charge on any atom is -0.509 e. The molecule has 0 aliphatic carbocycles. The summed E-state index contributed by atoms with van der Waals surface area (Å²) in [7, 11) is 0. The first-order valence-electron chi connectivity index (χ1n) is 14.7. The molecular weight excluding hydrogens is 635 g/mol. The van der Waals surface area contributed by atoms with E-state index >= 15 is 0 Å². The van der Waals surface area contributed by atoms with Crippen LogP contribution in [0, 0.1) is 39.8 Å². The van der Waals surface area contributed by atoms with Gasteiger partial charge in [-0.05, 0) is 85.6 Å². The third kappa shape index (κ3) is 5.05. The smallest absolute Gasteiger partial charge is 0.509 e. The van der Waals surface area contributed by atoms with E-state index in [0.717, 1.165) is 56.7 Å². The summed E-state index contributed by atoms with van der Waals surface area (Å²) in [6.45, 7) is 10.7. The van der Waals surface area contributed by atoms with E-state index in [1.54, 1.807) is 0 Å². The molecule has 0 saturated carbocycles. The molecule has 4 aromatic carbocycles. The van der Waals surface area contributed by atoms with Crippen molar-refractivity contribution in [1.82, 2.24) is 19.3 Å². The van der Waals surface area contributed by atoms with Gasteiger partial charge in [-0.2, -0.15) is 17.2 Å². The van der Waals surface area contributed by atoms with Gasteiger partial charge in [-0.25, -0.2) is 4.98 Å². The summed E-state index contributed by atoms with van der Waals surface area (Å²) < 4.78 is 10.6. The van der Waals surface area contributed by atoms with Crippen LogP contribution in [0.15, 0.2) is 91.1 Å². The third-order valence-electron chi connectivity index (χ3n) is 8.11. The molecule has 0 spiro atoms. The zero-order chi connectivity index (χ0) is 29.7. The largest absolute Gasteiger partial charge is 2.00 e. The number of rotatable bonds is 6. The van der Waals surface area contributed by atoms with Crippen LogP contribution in [-0.4, -0.2) is 19.3 Å². The molecule has 0 bridgehead atoms. The van der Waals surface area contributed by atoms with Gasteiger partial charge >= 0.3 is 20.4 Å². The summed E-state index contributed by atoms with van der Waals surface area (Å²) in [5.74, 6) is 2.07. The van der Waals surface area contributed by atoms with E-state index in [0.29, 0.717) is 11.5 Å². The van der Waals surface area contributed by atoms with E-state index in [1.165, 1.54) is 22.3 Å². The number of nitrogens with zero attached hydrogens (tertiary/aromatic N) is 4. The average molecular weight is 667 g/mol. The molecule has 0 fully saturated rings. The summed E-state index contributed by atoms with van der Waals surface area (Å²) in [6, 6.07) is 35.9. The monoisotopic (exact) mass is 666 g/mol. The number of aryl methyl sites for hydroxylation is 4. The fourth-order valence-electron chi connectivity index (χ4n) is 6.19. The summed E-state index contributed by atoms with van der Waals surface area (Å²) >= 11 is 0. The number of hydrogen-bond donors (Lipinski definition) is 0. The van der Waals surface area contributed by atoms with Crippen molar-refractivity contribution in [3.63, 3.8) is 0 Å². The Morgan fingerprint density at radius 3 is 2.27 bits per heavy atom. The zero-order valence-corrected chi connectivity index (χ0v) is 26.9. The van der Waals surface area contributed by atoms with E-state index in [2.05, 4.69) is 111 Å². The molecule has 0 unspecified atom stereocenters. The van der Waals surface area contributed by atoms with Gasteiger partial charge in [-0.3, -0.25) is 4.68 Å². The normalized spacial score (nSPS) is 11.2. The van der Waals surface area contributed by atoms with Crippen molar-refractivity contribution in [3.8, 4) is 34.1 Å². The SMILES string of the molecule is CCc1c(-c2c(C)cccc2C)c(C)nn1-c1[c-]c(Oc2[c-]c3c(cc2)c2ccccc2n3-c2cc(C)ccn2)ccc1.[Pd+2]. The minimum absolute atomic E-state index is 0. The molecule has 0 radical (unpaired) electrons. The summed E-state index contributed by atoms with van der Waals surface area (Å²) in [4.78, 5) is 4.69. The van der Waals surface area contributed by atoms with Crippen LogP contribution in [0.1, 0.15) is 35.0 Å². The molecule has 5 nitrogen and oxygen atoms in total. The first kappa shape index (κ1) is 29.6. The minimum atomic E-state index is 0. The number of hydrogen-bond acceptors (Lipinski definition) is 3. The zero-order valence-electron chi connectivity index (χ0n) is 25.4. The number of para-hydroxylation sites is 1. The summed E-state index contributed by atoms with van der Waals surface area (Å²) in [6.07, 6.45) is 2.68. The molecule has 44 heavy (non-hydrogen) atoms. The molecule has 3 aromatic heterocycles. The maximum atomic E-state index is 6.41. The second kappa shape index (κ2) is 11.9. The standard InChI is InChI=1S/C38H32N4O.Pd/c1-6-33-38(37-25(3)11-9-12-26(37)4)27(5)40-42(33)28-13-10-14-29(22-28)43-30-17-18-32-31-15-7-8-16-34(31)41(35(32)23-30)36-21-24(2)19-20-39-36;/h7-21H,6H2,1-5H3;/q-2;+2. The van der Waals surface area contributed by atoms with Crippen molar-refractivity contribution in [2.75, 3.05) is 0 Å². The molecular formula is C38H32N4OPd. The van der Waals surface area contributed by atoms with Crippen molar-refractivity contribution in [2.45, 2.75) is 41.0 Å². The molecule has 0 amide bonds. The van der Waals surface area contributed by atoms with Crippen LogP contribution in [0.2, 0.25) is 0 Å². The Labute approximate surface area is 271 Å². The molecule has 0 N–H and O–H groups in total. The van der Waals surface area contributed by atoms with E-state index < -0.39 is 0 Å². The Hall–Kier alpha value is -4.50.